The number of aryl methyl sites for hydroxylation is 1. The lowest BCUT2D eigenvalue weighted by molar-refractivity contribution is -0.385. The molecule has 28 heavy (non-hydrogen) atoms. The summed E-state index contributed by atoms with van der Waals surface area (Å²) in [7, 11) is 0. The number of nitro groups is 1. The Morgan fingerprint density at radius 2 is 1.96 bits per heavy atom. The first-order valence-electron chi connectivity index (χ1n) is 8.22. The van der Waals surface area contributed by atoms with Gasteiger partial charge in [-0.05, 0) is 30.7 Å². The molecule has 0 saturated carbocycles. The van der Waals surface area contributed by atoms with Crippen molar-refractivity contribution < 1.29 is 28.7 Å². The van der Waals surface area contributed by atoms with E-state index in [0.717, 1.165) is 11.6 Å². The minimum atomic E-state index is -0.813. The van der Waals surface area contributed by atoms with E-state index in [1.54, 1.807) is 12.1 Å². The van der Waals surface area contributed by atoms with Crippen molar-refractivity contribution in [3.05, 3.63) is 63.7 Å². The highest BCUT2D eigenvalue weighted by Crippen LogP contribution is 2.38. The molecular weight excluding hydrogens is 368 g/mol. The van der Waals surface area contributed by atoms with Crippen LogP contribution in [0, 0.1) is 17.0 Å². The number of nitro benzene ring substituents is 1. The first kappa shape index (κ1) is 18.9. The summed E-state index contributed by atoms with van der Waals surface area (Å²) in [5, 5.41) is 13.8. The predicted octanol–water partition coefficient (Wildman–Crippen LogP) is 2.83. The molecule has 3 rings (SSSR count). The van der Waals surface area contributed by atoms with Crippen LogP contribution in [0.25, 0.3) is 6.08 Å². The van der Waals surface area contributed by atoms with Crippen molar-refractivity contribution in [2.24, 2.45) is 0 Å². The largest absolute Gasteiger partial charge is 0.454 e. The Labute approximate surface area is 159 Å². The number of nitrogens with zero attached hydrogens (tertiary/aromatic N) is 1. The quantitative estimate of drug-likeness (QED) is 0.352. The lowest BCUT2D eigenvalue weighted by Crippen LogP contribution is -2.20. The molecule has 0 atom stereocenters. The van der Waals surface area contributed by atoms with Gasteiger partial charge in [0.05, 0.1) is 16.6 Å². The third-order valence-corrected chi connectivity index (χ3v) is 3.88. The third kappa shape index (κ3) is 4.44. The van der Waals surface area contributed by atoms with Gasteiger partial charge in [-0.2, -0.15) is 0 Å². The maximum Gasteiger partial charge on any atom is 0.331 e. The zero-order valence-electron chi connectivity index (χ0n) is 14.8. The zero-order valence-corrected chi connectivity index (χ0v) is 14.8. The smallest absolute Gasteiger partial charge is 0.331 e. The van der Waals surface area contributed by atoms with Crippen LogP contribution >= 0.6 is 0 Å². The lowest BCUT2D eigenvalue weighted by Gasteiger charge is -2.07. The Morgan fingerprint density at radius 3 is 2.68 bits per heavy atom. The number of amides is 1. The molecule has 144 valence electrons. The molecule has 9 heteroatoms. The molecular formula is C19H16N2O7. The first-order chi connectivity index (χ1) is 13.4. The van der Waals surface area contributed by atoms with Gasteiger partial charge in [-0.1, -0.05) is 18.2 Å². The summed E-state index contributed by atoms with van der Waals surface area (Å²) in [6.45, 7) is 1.32. The average molecular weight is 384 g/mol. The molecule has 2 aromatic carbocycles. The molecule has 0 fully saturated rings. The Balaban J connectivity index is 1.60. The molecule has 0 unspecified atom stereocenters. The van der Waals surface area contributed by atoms with E-state index in [1.165, 1.54) is 18.2 Å². The van der Waals surface area contributed by atoms with E-state index in [-0.39, 0.29) is 23.8 Å². The van der Waals surface area contributed by atoms with Crippen molar-refractivity contribution in [2.45, 2.75) is 6.92 Å². The van der Waals surface area contributed by atoms with Gasteiger partial charge >= 0.3 is 5.97 Å². The van der Waals surface area contributed by atoms with Crippen LogP contribution in [0.1, 0.15) is 11.1 Å². The summed E-state index contributed by atoms with van der Waals surface area (Å²) in [4.78, 5) is 34.3. The van der Waals surface area contributed by atoms with E-state index >= 15 is 0 Å². The van der Waals surface area contributed by atoms with Crippen LogP contribution < -0.4 is 14.8 Å². The van der Waals surface area contributed by atoms with Crippen LogP contribution in [0.4, 0.5) is 11.4 Å². The van der Waals surface area contributed by atoms with E-state index in [4.69, 9.17) is 14.2 Å². The number of carbonyl (C=O) groups excluding carboxylic acids is 2. The maximum absolute atomic E-state index is 11.9. The predicted molar refractivity (Wildman–Crippen MR) is 99.0 cm³/mol. The summed E-state index contributed by atoms with van der Waals surface area (Å²) in [5.74, 6) is -0.701. The van der Waals surface area contributed by atoms with Gasteiger partial charge in [-0.15, -0.1) is 0 Å². The van der Waals surface area contributed by atoms with Gasteiger partial charge in [0.15, 0.2) is 18.1 Å². The third-order valence-electron chi connectivity index (χ3n) is 3.88. The Hall–Kier alpha value is -3.88. The number of anilines is 1. The second-order valence-corrected chi connectivity index (χ2v) is 5.83. The molecule has 0 spiro atoms. The molecule has 0 saturated heterocycles. The van der Waals surface area contributed by atoms with Gasteiger partial charge in [0.2, 0.25) is 6.79 Å². The van der Waals surface area contributed by atoms with Crippen molar-refractivity contribution in [3.8, 4) is 11.5 Å². The number of esters is 1. The van der Waals surface area contributed by atoms with Gasteiger partial charge < -0.3 is 19.5 Å². The van der Waals surface area contributed by atoms with E-state index in [9.17, 15) is 19.7 Å². The zero-order chi connectivity index (χ0) is 20.1. The Bertz CT molecular complexity index is 969. The maximum atomic E-state index is 11.9. The number of ether oxygens (including phenoxy) is 3. The van der Waals surface area contributed by atoms with Gasteiger partial charge in [0, 0.05) is 11.8 Å². The van der Waals surface area contributed by atoms with Crippen LogP contribution in [0.15, 0.2) is 42.5 Å². The first-order valence-corrected chi connectivity index (χ1v) is 8.22. The molecule has 1 aliphatic rings. The fourth-order valence-electron chi connectivity index (χ4n) is 2.48. The van der Waals surface area contributed by atoms with Crippen LogP contribution in [-0.2, 0) is 14.3 Å². The molecule has 1 heterocycles. The highest BCUT2D eigenvalue weighted by Gasteiger charge is 2.22. The minimum absolute atomic E-state index is 0.0301. The second-order valence-electron chi connectivity index (χ2n) is 5.83. The molecule has 9 nitrogen and oxygen atoms in total. The molecule has 0 bridgehead atoms. The molecule has 1 amide bonds. The molecule has 1 N–H and O–H groups in total. The normalized spacial score (nSPS) is 12.0. The number of nitrogens with one attached hydrogen (secondary N) is 1. The van der Waals surface area contributed by atoms with Crippen LogP contribution in [0.5, 0.6) is 11.5 Å². The number of hydrogen-bond acceptors (Lipinski definition) is 7. The average Bonchev–Trinajstić information content (AvgIpc) is 3.13. The number of fused-ring (bicyclic) bond motifs is 1. The highest BCUT2D eigenvalue weighted by atomic mass is 16.7. The van der Waals surface area contributed by atoms with Crippen molar-refractivity contribution in [1.82, 2.24) is 0 Å². The van der Waals surface area contributed by atoms with Crippen LogP contribution in [-0.4, -0.2) is 30.2 Å². The van der Waals surface area contributed by atoms with E-state index < -0.39 is 23.4 Å². The van der Waals surface area contributed by atoms with Crippen molar-refractivity contribution in [3.63, 3.8) is 0 Å². The van der Waals surface area contributed by atoms with Gasteiger partial charge in [-0.3, -0.25) is 14.9 Å². The number of rotatable bonds is 6. The Kier molecular flexibility index (Phi) is 5.54. The monoisotopic (exact) mass is 384 g/mol. The number of hydrogen-bond donors (Lipinski definition) is 1. The summed E-state index contributed by atoms with van der Waals surface area (Å²) >= 11 is 0. The molecule has 1 aliphatic heterocycles. The number of para-hydroxylation sites is 1. The molecule has 0 aliphatic carbocycles. The summed E-state index contributed by atoms with van der Waals surface area (Å²) in [5.41, 5.74) is 1.40. The van der Waals surface area contributed by atoms with Crippen molar-refractivity contribution in [2.75, 3.05) is 18.7 Å². The number of benzene rings is 2. The fraction of sp³-hybridized carbons (Fsp3) is 0.158. The molecule has 0 radical (unpaired) electrons. The molecule has 2 aromatic rings. The highest BCUT2D eigenvalue weighted by molar-refractivity contribution is 5.95. The second kappa shape index (κ2) is 8.21. The van der Waals surface area contributed by atoms with E-state index in [2.05, 4.69) is 5.32 Å². The van der Waals surface area contributed by atoms with Gasteiger partial charge in [0.25, 0.3) is 11.6 Å². The SMILES string of the molecule is Cc1ccccc1NC(=O)COC(=O)/C=C/c1cc2c(cc1[N+](=O)[O-])OCO2. The summed E-state index contributed by atoms with van der Waals surface area (Å²) < 4.78 is 15.2. The minimum Gasteiger partial charge on any atom is -0.454 e. The topological polar surface area (TPSA) is 117 Å². The van der Waals surface area contributed by atoms with Crippen molar-refractivity contribution in [1.29, 1.82) is 0 Å². The van der Waals surface area contributed by atoms with Crippen LogP contribution in [0.3, 0.4) is 0 Å². The summed E-state index contributed by atoms with van der Waals surface area (Å²) in [6, 6.07) is 9.80. The van der Waals surface area contributed by atoms with E-state index in [0.29, 0.717) is 11.4 Å². The number of carbonyl (C=O) groups is 2. The Morgan fingerprint density at radius 1 is 1.25 bits per heavy atom. The van der Waals surface area contributed by atoms with Gasteiger partial charge in [0.1, 0.15) is 0 Å². The fourth-order valence-corrected chi connectivity index (χ4v) is 2.48. The summed E-state index contributed by atoms with van der Waals surface area (Å²) in [6.07, 6.45) is 2.23. The molecule has 0 aromatic heterocycles. The lowest BCUT2D eigenvalue weighted by atomic mass is 10.1. The van der Waals surface area contributed by atoms with E-state index in [1.807, 2.05) is 19.1 Å². The van der Waals surface area contributed by atoms with Crippen LogP contribution in [0.2, 0.25) is 0 Å². The van der Waals surface area contributed by atoms with Crippen molar-refractivity contribution >= 4 is 29.3 Å². The van der Waals surface area contributed by atoms with Gasteiger partial charge in [-0.25, -0.2) is 4.79 Å². The standard InChI is InChI=1S/C19H16N2O7/c1-12-4-2-3-5-14(12)20-18(22)10-26-19(23)7-6-13-8-16-17(28-11-27-16)9-15(13)21(24)25/h2-9H,10-11H2,1H3,(H,20,22)/b7-6+.